The van der Waals surface area contributed by atoms with Crippen molar-refractivity contribution in [3.05, 3.63) is 40.4 Å². The lowest BCUT2D eigenvalue weighted by atomic mass is 10.0. The number of benzene rings is 1. The molecule has 0 unspecified atom stereocenters. The molecule has 0 radical (unpaired) electrons. The van der Waals surface area contributed by atoms with Gasteiger partial charge in [0.25, 0.3) is 0 Å². The monoisotopic (exact) mass is 358 g/mol. The Bertz CT molecular complexity index is 966. The molecule has 1 aromatic carbocycles. The second-order valence-corrected chi connectivity index (χ2v) is 5.03. The van der Waals surface area contributed by atoms with Gasteiger partial charge in [0, 0.05) is 17.6 Å². The van der Waals surface area contributed by atoms with Gasteiger partial charge >= 0.3 is 11.6 Å². The van der Waals surface area contributed by atoms with Crippen LogP contribution in [0.3, 0.4) is 0 Å². The van der Waals surface area contributed by atoms with Crippen LogP contribution in [0.15, 0.2) is 33.6 Å². The van der Waals surface area contributed by atoms with Crippen LogP contribution in [-0.2, 0) is 0 Å². The zero-order valence-corrected chi connectivity index (χ0v) is 15.7. The molecule has 0 amide bonds. The van der Waals surface area contributed by atoms with Gasteiger partial charge in [0.05, 0.1) is 32.5 Å². The molecule has 0 spiro atoms. The lowest BCUT2D eigenvalue weighted by Crippen LogP contribution is -2.08. The van der Waals surface area contributed by atoms with Crippen LogP contribution in [0.2, 0.25) is 0 Å². The first kappa shape index (κ1) is 19.2. The van der Waals surface area contributed by atoms with Crippen LogP contribution in [0.1, 0.15) is 19.4 Å². The summed E-state index contributed by atoms with van der Waals surface area (Å²) in [6.07, 6.45) is 1.49. The summed E-state index contributed by atoms with van der Waals surface area (Å²) in [5.41, 5.74) is 1.50. The van der Waals surface area contributed by atoms with Gasteiger partial charge < -0.3 is 18.6 Å². The van der Waals surface area contributed by atoms with Gasteiger partial charge in [0.15, 0.2) is 0 Å². The van der Waals surface area contributed by atoms with Crippen LogP contribution in [0.25, 0.3) is 22.1 Å². The number of nitrogens with zero attached hydrogens (tertiary/aromatic N) is 2. The Morgan fingerprint density at radius 1 is 1.04 bits per heavy atom. The third-order valence-electron chi connectivity index (χ3n) is 3.75. The van der Waals surface area contributed by atoms with Crippen LogP contribution >= 0.6 is 0 Å². The number of hydrogen-bond acceptors (Lipinski definition) is 7. The molecule has 26 heavy (non-hydrogen) atoms. The number of aryl methyl sites for hydroxylation is 1. The SMILES string of the molecule is CC.COc1ccc2c(C)c(-c3cnc(OC)nc3OC)c(=O)oc2c1. The van der Waals surface area contributed by atoms with Gasteiger partial charge in [0.2, 0.25) is 5.88 Å². The van der Waals surface area contributed by atoms with Gasteiger partial charge in [-0.25, -0.2) is 9.78 Å². The predicted octanol–water partition coefficient (Wildman–Crippen LogP) is 3.61. The van der Waals surface area contributed by atoms with E-state index in [1.165, 1.54) is 20.4 Å². The van der Waals surface area contributed by atoms with E-state index in [2.05, 4.69) is 9.97 Å². The molecule has 0 fully saturated rings. The third-order valence-corrected chi connectivity index (χ3v) is 3.75. The lowest BCUT2D eigenvalue weighted by molar-refractivity contribution is 0.353. The zero-order chi connectivity index (χ0) is 19.3. The molecule has 7 heteroatoms. The van der Waals surface area contributed by atoms with E-state index in [-0.39, 0.29) is 11.9 Å². The smallest absolute Gasteiger partial charge is 0.344 e. The summed E-state index contributed by atoms with van der Waals surface area (Å²) in [6.45, 7) is 5.84. The van der Waals surface area contributed by atoms with Crippen LogP contribution in [0.4, 0.5) is 0 Å². The Balaban J connectivity index is 0.00000117. The second-order valence-electron chi connectivity index (χ2n) is 5.03. The molecule has 0 bridgehead atoms. The minimum absolute atomic E-state index is 0.156. The fourth-order valence-corrected chi connectivity index (χ4v) is 2.55. The molecule has 0 aliphatic carbocycles. The predicted molar refractivity (Wildman–Crippen MR) is 99.3 cm³/mol. The normalized spacial score (nSPS) is 10.1. The van der Waals surface area contributed by atoms with Crippen molar-refractivity contribution >= 4 is 11.0 Å². The molecule has 7 nitrogen and oxygen atoms in total. The van der Waals surface area contributed by atoms with Crippen LogP contribution in [0.5, 0.6) is 17.6 Å². The fraction of sp³-hybridized carbons (Fsp3) is 0.316. The highest BCUT2D eigenvalue weighted by molar-refractivity contribution is 5.88. The van der Waals surface area contributed by atoms with Crippen molar-refractivity contribution in [1.29, 1.82) is 0 Å². The van der Waals surface area contributed by atoms with Crippen molar-refractivity contribution < 1.29 is 18.6 Å². The van der Waals surface area contributed by atoms with E-state index in [1.54, 1.807) is 19.2 Å². The van der Waals surface area contributed by atoms with E-state index in [0.717, 1.165) is 10.9 Å². The third kappa shape index (κ3) is 3.46. The molecule has 2 aromatic heterocycles. The molecule has 138 valence electrons. The average Bonchev–Trinajstić information content (AvgIpc) is 2.69. The summed E-state index contributed by atoms with van der Waals surface area (Å²) < 4.78 is 20.9. The molecule has 0 saturated carbocycles. The summed E-state index contributed by atoms with van der Waals surface area (Å²) in [7, 11) is 4.48. The van der Waals surface area contributed by atoms with E-state index in [9.17, 15) is 4.79 Å². The van der Waals surface area contributed by atoms with Gasteiger partial charge in [-0.2, -0.15) is 4.98 Å². The molecule has 0 aliphatic heterocycles. The fourth-order valence-electron chi connectivity index (χ4n) is 2.55. The minimum atomic E-state index is -0.500. The molecule has 0 aliphatic rings. The maximum absolute atomic E-state index is 12.5. The number of fused-ring (bicyclic) bond motifs is 1. The van der Waals surface area contributed by atoms with Crippen molar-refractivity contribution in [2.45, 2.75) is 20.8 Å². The molecule has 0 N–H and O–H groups in total. The molecule has 0 saturated heterocycles. The van der Waals surface area contributed by atoms with Crippen molar-refractivity contribution in [1.82, 2.24) is 9.97 Å². The first-order chi connectivity index (χ1) is 12.6. The highest BCUT2D eigenvalue weighted by Crippen LogP contribution is 2.33. The van der Waals surface area contributed by atoms with Gasteiger partial charge in [-0.15, -0.1) is 0 Å². The summed E-state index contributed by atoms with van der Waals surface area (Å²) in [5, 5.41) is 0.795. The number of aromatic nitrogens is 2. The average molecular weight is 358 g/mol. The van der Waals surface area contributed by atoms with E-state index in [4.69, 9.17) is 18.6 Å². The van der Waals surface area contributed by atoms with Gasteiger partial charge in [-0.1, -0.05) is 13.8 Å². The number of rotatable bonds is 4. The van der Waals surface area contributed by atoms with Crippen LogP contribution < -0.4 is 19.8 Å². The maximum atomic E-state index is 12.5. The summed E-state index contributed by atoms with van der Waals surface area (Å²) in [6, 6.07) is 5.48. The molecular formula is C19H22N2O5. The Morgan fingerprint density at radius 3 is 2.38 bits per heavy atom. The highest BCUT2D eigenvalue weighted by atomic mass is 16.5. The first-order valence-electron chi connectivity index (χ1n) is 8.16. The van der Waals surface area contributed by atoms with Crippen molar-refractivity contribution in [2.24, 2.45) is 0 Å². The molecule has 2 heterocycles. The largest absolute Gasteiger partial charge is 0.497 e. The van der Waals surface area contributed by atoms with E-state index >= 15 is 0 Å². The summed E-state index contributed by atoms with van der Waals surface area (Å²) >= 11 is 0. The minimum Gasteiger partial charge on any atom is -0.497 e. The standard InChI is InChI=1S/C17H16N2O5.C2H6/c1-9-11-6-5-10(21-2)7-13(11)24-16(20)14(9)12-8-18-17(23-4)19-15(12)22-3;1-2/h5-8H,1-4H3;1-2H3. The van der Waals surface area contributed by atoms with Crippen molar-refractivity contribution in [3.63, 3.8) is 0 Å². The number of hydrogen-bond donors (Lipinski definition) is 0. The number of ether oxygens (including phenoxy) is 3. The molecular weight excluding hydrogens is 336 g/mol. The Morgan fingerprint density at radius 2 is 1.77 bits per heavy atom. The molecule has 3 rings (SSSR count). The van der Waals surface area contributed by atoms with E-state index in [0.29, 0.717) is 22.5 Å². The van der Waals surface area contributed by atoms with Crippen molar-refractivity contribution in [2.75, 3.05) is 21.3 Å². The first-order valence-corrected chi connectivity index (χ1v) is 8.16. The Labute approximate surface area is 151 Å². The van der Waals surface area contributed by atoms with Gasteiger partial charge in [0.1, 0.15) is 11.3 Å². The van der Waals surface area contributed by atoms with Crippen molar-refractivity contribution in [3.8, 4) is 28.8 Å². The highest BCUT2D eigenvalue weighted by Gasteiger charge is 2.19. The zero-order valence-electron chi connectivity index (χ0n) is 15.7. The Hall–Kier alpha value is -3.09. The lowest BCUT2D eigenvalue weighted by Gasteiger charge is -2.11. The summed E-state index contributed by atoms with van der Waals surface area (Å²) in [5.74, 6) is 0.855. The van der Waals surface area contributed by atoms with Crippen LogP contribution in [0, 0.1) is 6.92 Å². The van der Waals surface area contributed by atoms with Gasteiger partial charge in [-0.3, -0.25) is 0 Å². The quantitative estimate of drug-likeness (QED) is 0.659. The molecule has 0 atom stereocenters. The Kier molecular flexibility index (Phi) is 6.16. The van der Waals surface area contributed by atoms with Gasteiger partial charge in [-0.05, 0) is 24.6 Å². The number of methoxy groups -OCH3 is 3. The van der Waals surface area contributed by atoms with E-state index < -0.39 is 5.63 Å². The van der Waals surface area contributed by atoms with Crippen LogP contribution in [-0.4, -0.2) is 31.3 Å². The molecule has 3 aromatic rings. The topological polar surface area (TPSA) is 83.7 Å². The second kappa shape index (κ2) is 8.33. The maximum Gasteiger partial charge on any atom is 0.344 e. The van der Waals surface area contributed by atoms with E-state index in [1.807, 2.05) is 26.8 Å². The summed E-state index contributed by atoms with van der Waals surface area (Å²) in [4.78, 5) is 20.7.